The Balaban J connectivity index is 1.29. The minimum absolute atomic E-state index is 0.0734. The SMILES string of the molecule is C[C@H]1[C@H]2C[C@@H](C[C@@H]1N(C(=N)N1CCC(=O)CC1)c1ccc3c(=O)n(CCc4ccc(Cl)cc4Cl)c(N4CCN(C)CC4)nc3c1)C2(C)C. The van der Waals surface area contributed by atoms with Crippen molar-refractivity contribution in [3.05, 3.63) is 62.4 Å². The second-order valence-corrected chi connectivity index (χ2v) is 15.9. The monoisotopic (exact) mass is 691 g/mol. The van der Waals surface area contributed by atoms with E-state index in [1.54, 1.807) is 6.07 Å². The normalized spacial score (nSPS) is 25.7. The summed E-state index contributed by atoms with van der Waals surface area (Å²) in [6.07, 6.45) is 3.79. The van der Waals surface area contributed by atoms with E-state index in [4.69, 9.17) is 28.2 Å². The third kappa shape index (κ3) is 6.00. The molecule has 0 radical (unpaired) electrons. The Morgan fingerprint density at radius 1 is 1.00 bits per heavy atom. The summed E-state index contributed by atoms with van der Waals surface area (Å²) in [4.78, 5) is 40.5. The number of piperazine rings is 1. The molecule has 0 spiro atoms. The molecular weight excluding hydrogens is 645 g/mol. The third-order valence-corrected chi connectivity index (χ3v) is 12.7. The minimum atomic E-state index is -0.0734. The molecule has 9 nitrogen and oxygen atoms in total. The summed E-state index contributed by atoms with van der Waals surface area (Å²) in [6, 6.07) is 11.6. The molecule has 3 heterocycles. The van der Waals surface area contributed by atoms with Gasteiger partial charge in [-0.05, 0) is 85.4 Å². The second kappa shape index (κ2) is 13.0. The van der Waals surface area contributed by atoms with Crippen molar-refractivity contribution < 1.29 is 4.79 Å². The lowest BCUT2D eigenvalue weighted by molar-refractivity contribution is -0.120. The molecule has 8 rings (SSSR count). The van der Waals surface area contributed by atoms with Crippen molar-refractivity contribution in [2.24, 2.45) is 23.2 Å². The number of Topliss-reactive ketones (excluding diaryl/α,β-unsaturated/α-hetero) is 1. The van der Waals surface area contributed by atoms with Crippen molar-refractivity contribution in [2.75, 3.05) is 56.1 Å². The van der Waals surface area contributed by atoms with E-state index >= 15 is 0 Å². The summed E-state index contributed by atoms with van der Waals surface area (Å²) in [6.45, 7) is 12.0. The number of fused-ring (bicyclic) bond motifs is 3. The quantitative estimate of drug-likeness (QED) is 0.244. The summed E-state index contributed by atoms with van der Waals surface area (Å²) in [5, 5.41) is 11.3. The van der Waals surface area contributed by atoms with Crippen molar-refractivity contribution >= 4 is 57.5 Å². The molecule has 1 N–H and O–H groups in total. The lowest BCUT2D eigenvalue weighted by Crippen LogP contribution is -2.63. The Morgan fingerprint density at radius 2 is 1.73 bits per heavy atom. The molecule has 5 aliphatic rings. The third-order valence-electron chi connectivity index (χ3n) is 12.1. The number of ketones is 1. The Morgan fingerprint density at radius 3 is 2.40 bits per heavy atom. The number of piperidine rings is 1. The van der Waals surface area contributed by atoms with E-state index in [9.17, 15) is 15.0 Å². The maximum atomic E-state index is 14.3. The molecule has 0 amide bonds. The Labute approximate surface area is 293 Å². The lowest BCUT2D eigenvalue weighted by Gasteiger charge is -2.63. The number of hydrogen-bond acceptors (Lipinski definition) is 6. The van der Waals surface area contributed by atoms with Crippen LogP contribution in [0.4, 0.5) is 11.6 Å². The summed E-state index contributed by atoms with van der Waals surface area (Å²) < 4.78 is 1.81. The van der Waals surface area contributed by atoms with Crippen LogP contribution >= 0.6 is 23.2 Å². The van der Waals surface area contributed by atoms with Gasteiger partial charge in [-0.25, -0.2) is 4.98 Å². The largest absolute Gasteiger partial charge is 0.342 e. The summed E-state index contributed by atoms with van der Waals surface area (Å²) >= 11 is 12.7. The number of carbonyl (C=O) groups excluding carboxylic acids is 1. The molecule has 48 heavy (non-hydrogen) atoms. The first-order chi connectivity index (χ1) is 22.9. The average Bonchev–Trinajstić information content (AvgIpc) is 3.06. The fourth-order valence-corrected chi connectivity index (χ4v) is 9.31. The van der Waals surface area contributed by atoms with Crippen LogP contribution < -0.4 is 15.4 Å². The van der Waals surface area contributed by atoms with Gasteiger partial charge in [0.05, 0.1) is 10.9 Å². The fraction of sp³-hybridized carbons (Fsp3) is 0.568. The molecule has 3 saturated carbocycles. The smallest absolute Gasteiger partial charge is 0.262 e. The number of aromatic nitrogens is 2. The molecule has 1 aromatic heterocycles. The number of aryl methyl sites for hydroxylation is 1. The molecule has 2 aliphatic heterocycles. The van der Waals surface area contributed by atoms with E-state index < -0.39 is 0 Å². The number of likely N-dealkylation sites (N-methyl/N-ethyl adjacent to an activating group) is 1. The van der Waals surface area contributed by atoms with Crippen molar-refractivity contribution in [2.45, 2.75) is 65.5 Å². The molecule has 2 aromatic carbocycles. The molecule has 11 heteroatoms. The molecular formula is C37H47Cl2N7O2. The number of halogens is 2. The zero-order valence-corrected chi connectivity index (χ0v) is 30.0. The van der Waals surface area contributed by atoms with E-state index in [-0.39, 0.29) is 17.4 Å². The number of hydrogen-bond donors (Lipinski definition) is 1. The molecule has 0 unspecified atom stereocenters. The minimum Gasteiger partial charge on any atom is -0.342 e. The molecule has 256 valence electrons. The van der Waals surface area contributed by atoms with Gasteiger partial charge in [0.15, 0.2) is 5.96 Å². The number of carbonyl (C=O) groups is 1. The molecule has 2 saturated heterocycles. The highest BCUT2D eigenvalue weighted by atomic mass is 35.5. The van der Waals surface area contributed by atoms with Gasteiger partial charge in [-0.15, -0.1) is 0 Å². The van der Waals surface area contributed by atoms with Gasteiger partial charge in [-0.3, -0.25) is 19.6 Å². The van der Waals surface area contributed by atoms with Crippen LogP contribution in [-0.4, -0.2) is 83.5 Å². The van der Waals surface area contributed by atoms with Crippen LogP contribution in [0.2, 0.25) is 10.0 Å². The van der Waals surface area contributed by atoms with Gasteiger partial charge in [-0.2, -0.15) is 0 Å². The Bertz CT molecular complexity index is 1790. The first-order valence-corrected chi connectivity index (χ1v) is 18.2. The average molecular weight is 693 g/mol. The van der Waals surface area contributed by atoms with Crippen LogP contribution in [0.25, 0.3) is 10.9 Å². The second-order valence-electron chi connectivity index (χ2n) is 15.1. The van der Waals surface area contributed by atoms with Crippen LogP contribution in [0, 0.1) is 28.6 Å². The maximum absolute atomic E-state index is 14.3. The van der Waals surface area contributed by atoms with E-state index in [0.29, 0.717) is 94.9 Å². The van der Waals surface area contributed by atoms with Crippen LogP contribution in [0.15, 0.2) is 41.2 Å². The summed E-state index contributed by atoms with van der Waals surface area (Å²) in [5.74, 6) is 3.00. The number of guanidine groups is 1. The topological polar surface area (TPSA) is 88.8 Å². The summed E-state index contributed by atoms with van der Waals surface area (Å²) in [7, 11) is 2.12. The standard InChI is InChI=1S/C37H47Cl2N7O2/c1-23-30-19-25(37(30,2)3)20-33(23)46(35(40)43-12-10-28(47)11-13-43)27-7-8-29-32(22-27)41-36(44-17-15-42(4)16-18-44)45(34(29)48)14-9-24-5-6-26(38)21-31(24)39/h5-8,21-23,25,30,33,40H,9-20H2,1-4H3/t23-,25-,30+,33-/m0/s1. The van der Waals surface area contributed by atoms with Crippen molar-refractivity contribution in [3.63, 3.8) is 0 Å². The van der Waals surface area contributed by atoms with Gasteiger partial charge in [0.1, 0.15) is 5.78 Å². The molecule has 5 fully saturated rings. The number of rotatable bonds is 6. The highest BCUT2D eigenvalue weighted by Crippen LogP contribution is 2.62. The van der Waals surface area contributed by atoms with Gasteiger partial charge in [0.2, 0.25) is 5.95 Å². The van der Waals surface area contributed by atoms with Crippen LogP contribution in [0.1, 0.15) is 52.0 Å². The van der Waals surface area contributed by atoms with E-state index in [1.165, 1.54) is 6.42 Å². The Hall–Kier alpha value is -3.14. The van der Waals surface area contributed by atoms with Gasteiger partial charge in [0.25, 0.3) is 5.56 Å². The maximum Gasteiger partial charge on any atom is 0.262 e. The predicted octanol–water partition coefficient (Wildman–Crippen LogP) is 6.17. The molecule has 2 bridgehead atoms. The number of likely N-dealkylation sites (tertiary alicyclic amines) is 1. The molecule has 3 aromatic rings. The lowest BCUT2D eigenvalue weighted by atomic mass is 9.44. The van der Waals surface area contributed by atoms with Crippen LogP contribution in [0.5, 0.6) is 0 Å². The van der Waals surface area contributed by atoms with E-state index in [1.807, 2.05) is 34.9 Å². The Kier molecular flexibility index (Phi) is 9.00. The molecule has 4 atom stereocenters. The summed E-state index contributed by atoms with van der Waals surface area (Å²) in [5.41, 5.74) is 2.71. The van der Waals surface area contributed by atoms with Crippen LogP contribution in [0.3, 0.4) is 0 Å². The number of nitrogens with zero attached hydrogens (tertiary/aromatic N) is 6. The van der Waals surface area contributed by atoms with E-state index in [2.05, 4.69) is 47.4 Å². The van der Waals surface area contributed by atoms with Crippen LogP contribution in [-0.2, 0) is 17.8 Å². The highest BCUT2D eigenvalue weighted by Gasteiger charge is 2.57. The zero-order chi connectivity index (χ0) is 33.9. The van der Waals surface area contributed by atoms with Gasteiger partial charge >= 0.3 is 0 Å². The van der Waals surface area contributed by atoms with Gasteiger partial charge < -0.3 is 19.6 Å². The van der Waals surface area contributed by atoms with Crippen molar-refractivity contribution in [1.29, 1.82) is 5.41 Å². The van der Waals surface area contributed by atoms with Gasteiger partial charge in [0, 0.05) is 80.4 Å². The predicted molar refractivity (Wildman–Crippen MR) is 195 cm³/mol. The molecule has 3 aliphatic carbocycles. The first-order valence-electron chi connectivity index (χ1n) is 17.5. The number of anilines is 2. The number of nitrogens with one attached hydrogen (secondary N) is 1. The zero-order valence-electron chi connectivity index (χ0n) is 28.5. The number of benzene rings is 2. The van der Waals surface area contributed by atoms with E-state index in [0.717, 1.165) is 43.9 Å². The van der Waals surface area contributed by atoms with Gasteiger partial charge in [-0.1, -0.05) is 50.0 Å². The fourth-order valence-electron chi connectivity index (χ4n) is 8.81. The highest BCUT2D eigenvalue weighted by molar-refractivity contribution is 6.35. The first kappa shape index (κ1) is 33.4. The van der Waals surface area contributed by atoms with Crippen molar-refractivity contribution in [3.8, 4) is 0 Å². The van der Waals surface area contributed by atoms with Crippen molar-refractivity contribution in [1.82, 2.24) is 19.4 Å².